The van der Waals surface area contributed by atoms with E-state index in [4.69, 9.17) is 4.74 Å². The van der Waals surface area contributed by atoms with Crippen LogP contribution in [0.25, 0.3) is 10.2 Å². The van der Waals surface area contributed by atoms with Crippen LogP contribution in [-0.4, -0.2) is 53.3 Å². The fourth-order valence-corrected chi connectivity index (χ4v) is 7.71. The van der Waals surface area contributed by atoms with Gasteiger partial charge >= 0.3 is 5.97 Å². The van der Waals surface area contributed by atoms with Crippen molar-refractivity contribution in [1.29, 1.82) is 0 Å². The molecule has 3 aromatic rings. The topological polar surface area (TPSA) is 128 Å². The lowest BCUT2D eigenvalue weighted by Gasteiger charge is -2.25. The van der Waals surface area contributed by atoms with Crippen LogP contribution in [0, 0.1) is 6.92 Å². The van der Waals surface area contributed by atoms with Crippen molar-refractivity contribution in [3.63, 3.8) is 0 Å². The number of carbonyl (C=O) groups excluding carboxylic acids is 2. The minimum Gasteiger partial charge on any atom is -0.458 e. The Morgan fingerprint density at radius 3 is 2.41 bits per heavy atom. The van der Waals surface area contributed by atoms with Crippen molar-refractivity contribution in [1.82, 2.24) is 13.9 Å². The molecule has 1 N–H and O–H groups in total. The maximum Gasteiger partial charge on any atom is 0.348 e. The SMILES string of the molecule is Cc1c(C(=O)OC2CCCCC2)sc2ncn(CC(=O)Nc3ccc(S(=O)(=O)N4CCCCC4)cc3)c(=O)c12. The fraction of sp³-hybridized carbons (Fsp3) is 0.481. The summed E-state index contributed by atoms with van der Waals surface area (Å²) in [5.74, 6) is -0.897. The zero-order valence-electron chi connectivity index (χ0n) is 21.8. The lowest BCUT2D eigenvalue weighted by atomic mass is 9.98. The van der Waals surface area contributed by atoms with Crippen LogP contribution >= 0.6 is 11.3 Å². The summed E-state index contributed by atoms with van der Waals surface area (Å²) in [4.78, 5) is 44.0. The van der Waals surface area contributed by atoms with E-state index in [1.807, 2.05) is 0 Å². The minimum atomic E-state index is -3.56. The van der Waals surface area contributed by atoms with Crippen LogP contribution in [0.4, 0.5) is 5.69 Å². The zero-order valence-corrected chi connectivity index (χ0v) is 23.5. The molecule has 1 amide bonds. The van der Waals surface area contributed by atoms with Gasteiger partial charge in [0.1, 0.15) is 22.4 Å². The van der Waals surface area contributed by atoms with Crippen LogP contribution in [0.15, 0.2) is 40.3 Å². The Kier molecular flexibility index (Phi) is 8.15. The largest absolute Gasteiger partial charge is 0.458 e. The first kappa shape index (κ1) is 27.5. The molecule has 0 atom stereocenters. The second-order valence-electron chi connectivity index (χ2n) is 10.1. The van der Waals surface area contributed by atoms with Crippen molar-refractivity contribution >= 4 is 49.1 Å². The van der Waals surface area contributed by atoms with Gasteiger partial charge in [-0.15, -0.1) is 11.3 Å². The smallest absolute Gasteiger partial charge is 0.348 e. The normalized spacial score (nSPS) is 17.3. The maximum absolute atomic E-state index is 13.2. The number of nitrogens with zero attached hydrogens (tertiary/aromatic N) is 3. The number of esters is 1. The Hall–Kier alpha value is -3.09. The zero-order chi connectivity index (χ0) is 27.6. The molecule has 1 aliphatic carbocycles. The van der Waals surface area contributed by atoms with Gasteiger partial charge in [0.2, 0.25) is 15.9 Å². The number of thiophene rings is 1. The third kappa shape index (κ3) is 5.92. The summed E-state index contributed by atoms with van der Waals surface area (Å²) in [5.41, 5.74) is 0.510. The summed E-state index contributed by atoms with van der Waals surface area (Å²) >= 11 is 1.13. The van der Waals surface area contributed by atoms with Crippen molar-refractivity contribution in [3.05, 3.63) is 51.4 Å². The van der Waals surface area contributed by atoms with Crippen LogP contribution in [0.2, 0.25) is 0 Å². The van der Waals surface area contributed by atoms with Crippen LogP contribution in [0.5, 0.6) is 0 Å². The number of fused-ring (bicyclic) bond motifs is 1. The van der Waals surface area contributed by atoms with Gasteiger partial charge in [0.05, 0.1) is 16.6 Å². The third-order valence-electron chi connectivity index (χ3n) is 7.33. The molecular formula is C27H32N4O6S2. The molecule has 0 bridgehead atoms. The number of aromatic nitrogens is 2. The summed E-state index contributed by atoms with van der Waals surface area (Å²) in [6, 6.07) is 6.02. The Labute approximate surface area is 231 Å². The third-order valence-corrected chi connectivity index (χ3v) is 10.4. The molecule has 0 spiro atoms. The van der Waals surface area contributed by atoms with Crippen molar-refractivity contribution in [2.24, 2.45) is 0 Å². The molecule has 5 rings (SSSR count). The van der Waals surface area contributed by atoms with E-state index in [0.29, 0.717) is 39.4 Å². The number of anilines is 1. The van der Waals surface area contributed by atoms with Crippen LogP contribution in [-0.2, 0) is 26.1 Å². The number of rotatable bonds is 7. The first-order valence-electron chi connectivity index (χ1n) is 13.3. The highest BCUT2D eigenvalue weighted by Gasteiger charge is 2.26. The predicted octanol–water partition coefficient (Wildman–Crippen LogP) is 4.07. The van der Waals surface area contributed by atoms with E-state index in [2.05, 4.69) is 10.3 Å². The molecule has 1 saturated carbocycles. The van der Waals surface area contributed by atoms with Crippen molar-refractivity contribution in [2.45, 2.75) is 75.8 Å². The number of carbonyl (C=O) groups is 2. The highest BCUT2D eigenvalue weighted by Crippen LogP contribution is 2.29. The summed E-state index contributed by atoms with van der Waals surface area (Å²) in [6.07, 6.45) is 8.88. The Morgan fingerprint density at radius 2 is 1.72 bits per heavy atom. The summed E-state index contributed by atoms with van der Waals surface area (Å²) < 4.78 is 34.1. The maximum atomic E-state index is 13.2. The second kappa shape index (κ2) is 11.6. The molecule has 1 saturated heterocycles. The van der Waals surface area contributed by atoms with Crippen molar-refractivity contribution < 1.29 is 22.7 Å². The van der Waals surface area contributed by atoms with E-state index < -0.39 is 27.5 Å². The minimum absolute atomic E-state index is 0.0943. The monoisotopic (exact) mass is 572 g/mol. The highest BCUT2D eigenvalue weighted by atomic mass is 32.2. The first-order valence-corrected chi connectivity index (χ1v) is 15.6. The van der Waals surface area contributed by atoms with E-state index in [-0.39, 0.29) is 17.5 Å². The molecule has 0 radical (unpaired) electrons. The average Bonchev–Trinajstić information content (AvgIpc) is 3.28. The molecule has 10 nitrogen and oxygen atoms in total. The Balaban J connectivity index is 1.27. The second-order valence-corrected chi connectivity index (χ2v) is 13.1. The van der Waals surface area contributed by atoms with Gasteiger partial charge in [-0.25, -0.2) is 18.2 Å². The van der Waals surface area contributed by atoms with Crippen LogP contribution in [0.3, 0.4) is 0 Å². The molecule has 2 fully saturated rings. The van der Waals surface area contributed by atoms with Gasteiger partial charge < -0.3 is 10.1 Å². The van der Waals surface area contributed by atoms with E-state index in [0.717, 1.165) is 62.7 Å². The molecule has 12 heteroatoms. The molecular weight excluding hydrogens is 540 g/mol. The quantitative estimate of drug-likeness (QED) is 0.423. The molecule has 2 aliphatic rings. The van der Waals surface area contributed by atoms with Crippen molar-refractivity contribution in [3.8, 4) is 0 Å². The number of hydrogen-bond acceptors (Lipinski definition) is 8. The van der Waals surface area contributed by atoms with E-state index in [9.17, 15) is 22.8 Å². The number of benzene rings is 1. The van der Waals surface area contributed by atoms with Gasteiger partial charge in [-0.2, -0.15) is 4.31 Å². The number of piperidine rings is 1. The standard InChI is InChI=1S/C27H32N4O6S2/c1-18-23-25(38-24(18)27(34)37-20-8-4-2-5-9-20)28-17-30(26(23)33)16-22(32)29-19-10-12-21(13-11-19)39(35,36)31-14-6-3-7-15-31/h10-13,17,20H,2-9,14-16H2,1H3,(H,29,32). The lowest BCUT2D eigenvalue weighted by molar-refractivity contribution is -0.116. The molecule has 1 aromatic carbocycles. The van der Waals surface area contributed by atoms with E-state index in [1.54, 1.807) is 6.92 Å². The Morgan fingerprint density at radius 1 is 1.05 bits per heavy atom. The predicted molar refractivity (Wildman–Crippen MR) is 149 cm³/mol. The molecule has 39 heavy (non-hydrogen) atoms. The van der Waals surface area contributed by atoms with Gasteiger partial charge in [0.25, 0.3) is 5.56 Å². The molecule has 3 heterocycles. The summed E-state index contributed by atoms with van der Waals surface area (Å²) in [7, 11) is -3.56. The van der Waals surface area contributed by atoms with Gasteiger partial charge in [0, 0.05) is 18.8 Å². The average molecular weight is 573 g/mol. The van der Waals surface area contributed by atoms with Crippen LogP contribution in [0.1, 0.15) is 66.6 Å². The van der Waals surface area contributed by atoms with Crippen LogP contribution < -0.4 is 10.9 Å². The highest BCUT2D eigenvalue weighted by molar-refractivity contribution is 7.89. The van der Waals surface area contributed by atoms with Gasteiger partial charge in [-0.3, -0.25) is 14.2 Å². The van der Waals surface area contributed by atoms with Gasteiger partial charge in [0.15, 0.2) is 0 Å². The van der Waals surface area contributed by atoms with E-state index >= 15 is 0 Å². The fourth-order valence-electron chi connectivity index (χ4n) is 5.17. The van der Waals surface area contributed by atoms with E-state index in [1.165, 1.54) is 39.5 Å². The number of aryl methyl sites for hydroxylation is 1. The number of sulfonamides is 1. The molecule has 0 unspecified atom stereocenters. The van der Waals surface area contributed by atoms with Crippen molar-refractivity contribution in [2.75, 3.05) is 18.4 Å². The molecule has 2 aromatic heterocycles. The number of amides is 1. The number of nitrogens with one attached hydrogen (secondary N) is 1. The lowest BCUT2D eigenvalue weighted by Crippen LogP contribution is -2.35. The van der Waals surface area contributed by atoms with Gasteiger partial charge in [-0.1, -0.05) is 12.8 Å². The molecule has 208 valence electrons. The molecule has 1 aliphatic heterocycles. The van der Waals surface area contributed by atoms with Gasteiger partial charge in [-0.05, 0) is 75.3 Å². The Bertz CT molecular complexity index is 1530. The number of hydrogen-bond donors (Lipinski definition) is 1. The summed E-state index contributed by atoms with van der Waals surface area (Å²) in [5, 5.41) is 3.00. The summed E-state index contributed by atoms with van der Waals surface area (Å²) in [6.45, 7) is 2.44. The number of ether oxygens (including phenoxy) is 1. The first-order chi connectivity index (χ1) is 18.7.